The van der Waals surface area contributed by atoms with Crippen molar-refractivity contribution in [3.05, 3.63) is 41.7 Å². The molecule has 0 radical (unpaired) electrons. The minimum atomic E-state index is -0.115. The summed E-state index contributed by atoms with van der Waals surface area (Å²) in [5, 5.41) is 0. The quantitative estimate of drug-likeness (QED) is 0.803. The summed E-state index contributed by atoms with van der Waals surface area (Å²) < 4.78 is 10.6. The van der Waals surface area contributed by atoms with Crippen LogP contribution in [0.4, 0.5) is 0 Å². The van der Waals surface area contributed by atoms with Gasteiger partial charge in [-0.1, -0.05) is 0 Å². The topological polar surface area (TPSA) is 59.8 Å². The van der Waals surface area contributed by atoms with Gasteiger partial charge in [-0.3, -0.25) is 9.59 Å². The minimum Gasteiger partial charge on any atom is -0.496 e. The van der Waals surface area contributed by atoms with Gasteiger partial charge in [-0.15, -0.1) is 0 Å². The Morgan fingerprint density at radius 2 is 2.00 bits per heavy atom. The maximum absolute atomic E-state index is 12.0. The second-order valence-electron chi connectivity index (χ2n) is 4.43. The number of ether oxygens (including phenoxy) is 1. The molecular weight excluding hydrogens is 258 g/mol. The molecule has 0 fully saturated rings. The lowest BCUT2D eigenvalue weighted by Crippen LogP contribution is -2.21. The van der Waals surface area contributed by atoms with Crippen LogP contribution >= 0.6 is 0 Å². The highest BCUT2D eigenvalue weighted by Crippen LogP contribution is 2.32. The van der Waals surface area contributed by atoms with E-state index in [9.17, 15) is 9.59 Å². The van der Waals surface area contributed by atoms with Gasteiger partial charge in [0.05, 0.1) is 12.7 Å². The molecule has 5 heteroatoms. The molecule has 1 amide bonds. The highest BCUT2D eigenvalue weighted by molar-refractivity contribution is 5.95. The van der Waals surface area contributed by atoms with E-state index in [1.54, 1.807) is 44.4 Å². The van der Waals surface area contributed by atoms with E-state index >= 15 is 0 Å². The number of furan rings is 1. The highest BCUT2D eigenvalue weighted by Gasteiger charge is 2.15. The number of hydrogen-bond donors (Lipinski definition) is 0. The molecule has 0 N–H and O–H groups in total. The van der Waals surface area contributed by atoms with Crippen LogP contribution in [0.3, 0.4) is 0 Å². The van der Waals surface area contributed by atoms with Crippen LogP contribution < -0.4 is 4.74 Å². The number of rotatable bonds is 4. The van der Waals surface area contributed by atoms with Crippen molar-refractivity contribution in [1.82, 2.24) is 4.90 Å². The van der Waals surface area contributed by atoms with E-state index in [4.69, 9.17) is 9.15 Å². The van der Waals surface area contributed by atoms with Crippen LogP contribution in [-0.2, 0) is 0 Å². The highest BCUT2D eigenvalue weighted by atomic mass is 16.5. The lowest BCUT2D eigenvalue weighted by atomic mass is 10.1. The van der Waals surface area contributed by atoms with Gasteiger partial charge in [-0.2, -0.15) is 0 Å². The van der Waals surface area contributed by atoms with Gasteiger partial charge in [-0.25, -0.2) is 0 Å². The van der Waals surface area contributed by atoms with E-state index in [1.165, 1.54) is 12.0 Å². The van der Waals surface area contributed by atoms with Crippen LogP contribution in [0.15, 0.2) is 34.7 Å². The Kier molecular flexibility index (Phi) is 3.89. The van der Waals surface area contributed by atoms with Crippen molar-refractivity contribution in [2.75, 3.05) is 21.2 Å². The summed E-state index contributed by atoms with van der Waals surface area (Å²) >= 11 is 0. The van der Waals surface area contributed by atoms with Crippen molar-refractivity contribution in [3.8, 4) is 17.1 Å². The van der Waals surface area contributed by atoms with Crippen molar-refractivity contribution < 1.29 is 18.7 Å². The molecule has 1 heterocycles. The van der Waals surface area contributed by atoms with Crippen molar-refractivity contribution in [3.63, 3.8) is 0 Å². The molecule has 0 saturated heterocycles. The summed E-state index contributed by atoms with van der Waals surface area (Å²) in [4.78, 5) is 24.2. The molecule has 2 rings (SSSR count). The second kappa shape index (κ2) is 5.61. The Morgan fingerprint density at radius 3 is 2.55 bits per heavy atom. The van der Waals surface area contributed by atoms with E-state index in [0.717, 1.165) is 0 Å². The number of benzene rings is 1. The van der Waals surface area contributed by atoms with Crippen molar-refractivity contribution in [2.24, 2.45) is 0 Å². The summed E-state index contributed by atoms with van der Waals surface area (Å²) in [6.45, 7) is 0. The standard InChI is InChI=1S/C15H15NO4/c1-16(2)15(18)10-4-6-13(19-3)12(8-10)14-7-5-11(9-17)20-14/h4-9H,1-3H3. The maximum atomic E-state index is 12.0. The number of carbonyl (C=O) groups excluding carboxylic acids is 2. The number of aldehydes is 1. The van der Waals surface area contributed by atoms with Gasteiger partial charge < -0.3 is 14.1 Å². The van der Waals surface area contributed by atoms with Crippen molar-refractivity contribution in [1.29, 1.82) is 0 Å². The maximum Gasteiger partial charge on any atom is 0.253 e. The fraction of sp³-hybridized carbons (Fsp3) is 0.200. The van der Waals surface area contributed by atoms with E-state index in [0.29, 0.717) is 28.9 Å². The van der Waals surface area contributed by atoms with Gasteiger partial charge in [0.2, 0.25) is 0 Å². The second-order valence-corrected chi connectivity index (χ2v) is 4.43. The molecule has 1 aromatic carbocycles. The first-order valence-corrected chi connectivity index (χ1v) is 6.02. The summed E-state index contributed by atoms with van der Waals surface area (Å²) in [6, 6.07) is 8.33. The molecule has 0 unspecified atom stereocenters. The smallest absolute Gasteiger partial charge is 0.253 e. The van der Waals surface area contributed by atoms with E-state index < -0.39 is 0 Å². The fourth-order valence-corrected chi connectivity index (χ4v) is 1.85. The van der Waals surface area contributed by atoms with Gasteiger partial charge in [-0.05, 0) is 30.3 Å². The van der Waals surface area contributed by atoms with Crippen molar-refractivity contribution in [2.45, 2.75) is 0 Å². The zero-order chi connectivity index (χ0) is 14.7. The van der Waals surface area contributed by atoms with Crippen LogP contribution in [0, 0.1) is 0 Å². The Hall–Kier alpha value is -2.56. The van der Waals surface area contributed by atoms with Gasteiger partial charge >= 0.3 is 0 Å². The average molecular weight is 273 g/mol. The van der Waals surface area contributed by atoms with E-state index in [-0.39, 0.29) is 11.7 Å². The zero-order valence-electron chi connectivity index (χ0n) is 11.5. The average Bonchev–Trinajstić information content (AvgIpc) is 2.94. The molecule has 20 heavy (non-hydrogen) atoms. The number of nitrogens with zero attached hydrogens (tertiary/aromatic N) is 1. The molecule has 104 valence electrons. The number of carbonyl (C=O) groups is 2. The zero-order valence-corrected chi connectivity index (χ0v) is 11.5. The Morgan fingerprint density at radius 1 is 1.25 bits per heavy atom. The molecule has 0 bridgehead atoms. The third kappa shape index (κ3) is 2.56. The third-order valence-corrected chi connectivity index (χ3v) is 2.86. The number of amides is 1. The monoisotopic (exact) mass is 273 g/mol. The van der Waals surface area contributed by atoms with Crippen LogP contribution in [-0.4, -0.2) is 38.3 Å². The summed E-state index contributed by atoms with van der Waals surface area (Å²) in [7, 11) is 4.91. The van der Waals surface area contributed by atoms with Crippen LogP contribution in [0.25, 0.3) is 11.3 Å². The predicted octanol–water partition coefficient (Wildman–Crippen LogP) is 2.47. The minimum absolute atomic E-state index is 0.115. The first kappa shape index (κ1) is 13.9. The molecule has 0 aliphatic heterocycles. The van der Waals surface area contributed by atoms with Gasteiger partial charge in [0.15, 0.2) is 12.0 Å². The third-order valence-electron chi connectivity index (χ3n) is 2.86. The Balaban J connectivity index is 2.51. The number of methoxy groups -OCH3 is 1. The largest absolute Gasteiger partial charge is 0.496 e. The number of hydrogen-bond acceptors (Lipinski definition) is 4. The van der Waals surface area contributed by atoms with Crippen LogP contribution in [0.1, 0.15) is 20.9 Å². The van der Waals surface area contributed by atoms with E-state index in [2.05, 4.69) is 0 Å². The first-order valence-electron chi connectivity index (χ1n) is 6.02. The Bertz CT molecular complexity index is 643. The van der Waals surface area contributed by atoms with Crippen molar-refractivity contribution >= 4 is 12.2 Å². The molecule has 0 spiro atoms. The van der Waals surface area contributed by atoms with Gasteiger partial charge in [0.1, 0.15) is 11.5 Å². The first-order chi connectivity index (χ1) is 9.56. The molecule has 2 aromatic rings. The lowest BCUT2D eigenvalue weighted by Gasteiger charge is -2.12. The van der Waals surface area contributed by atoms with Crippen LogP contribution in [0.5, 0.6) is 5.75 Å². The Labute approximate surface area is 116 Å². The molecule has 0 aliphatic rings. The van der Waals surface area contributed by atoms with Gasteiger partial charge in [0, 0.05) is 19.7 Å². The lowest BCUT2D eigenvalue weighted by molar-refractivity contribution is 0.0827. The summed E-state index contributed by atoms with van der Waals surface area (Å²) in [6.07, 6.45) is 0.630. The predicted molar refractivity (Wildman–Crippen MR) is 74.1 cm³/mol. The van der Waals surface area contributed by atoms with Gasteiger partial charge in [0.25, 0.3) is 5.91 Å². The molecule has 1 aromatic heterocycles. The van der Waals surface area contributed by atoms with Crippen LogP contribution in [0.2, 0.25) is 0 Å². The van der Waals surface area contributed by atoms with E-state index in [1.807, 2.05) is 0 Å². The normalized spacial score (nSPS) is 10.2. The molecule has 0 aliphatic carbocycles. The molecular formula is C15H15NO4. The SMILES string of the molecule is COc1ccc(C(=O)N(C)C)cc1-c1ccc(C=O)o1. The molecule has 0 saturated carbocycles. The fourth-order valence-electron chi connectivity index (χ4n) is 1.85. The summed E-state index contributed by atoms with van der Waals surface area (Å²) in [5.41, 5.74) is 1.16. The molecule has 5 nitrogen and oxygen atoms in total. The summed E-state index contributed by atoms with van der Waals surface area (Å²) in [5.74, 6) is 1.17. The molecule has 0 atom stereocenters.